The maximum Gasteiger partial charge on any atom is 0.338 e. The predicted octanol–water partition coefficient (Wildman–Crippen LogP) is 1.36. The molecule has 2 rings (SSSR count). The number of carbonyl (C=O) groups is 2. The fourth-order valence-electron chi connectivity index (χ4n) is 1.94. The minimum Gasteiger partial charge on any atom is -0.465 e. The van der Waals surface area contributed by atoms with Crippen molar-refractivity contribution in [3.8, 4) is 0 Å². The van der Waals surface area contributed by atoms with Crippen LogP contribution in [0.5, 0.6) is 0 Å². The van der Waals surface area contributed by atoms with Gasteiger partial charge in [-0.15, -0.1) is 0 Å². The molecule has 0 radical (unpaired) electrons. The average Bonchev–Trinajstić information content (AvgIpc) is 2.27. The van der Waals surface area contributed by atoms with Crippen molar-refractivity contribution in [1.82, 2.24) is 0 Å². The first-order valence-electron chi connectivity index (χ1n) is 5.00. The molecule has 0 amide bonds. The summed E-state index contributed by atoms with van der Waals surface area (Å²) in [4.78, 5) is 22.9. The summed E-state index contributed by atoms with van der Waals surface area (Å²) in [7, 11) is 2.70. The third-order valence-electron chi connectivity index (χ3n) is 2.87. The highest BCUT2D eigenvalue weighted by Crippen LogP contribution is 2.30. The van der Waals surface area contributed by atoms with Crippen LogP contribution >= 0.6 is 0 Å². The van der Waals surface area contributed by atoms with Gasteiger partial charge in [-0.05, 0) is 36.1 Å². The van der Waals surface area contributed by atoms with Crippen molar-refractivity contribution < 1.29 is 19.1 Å². The van der Waals surface area contributed by atoms with Crippen molar-refractivity contribution in [2.75, 3.05) is 14.2 Å². The van der Waals surface area contributed by atoms with E-state index in [1.165, 1.54) is 14.2 Å². The van der Waals surface area contributed by atoms with Crippen LogP contribution in [0.25, 0.3) is 0 Å². The van der Waals surface area contributed by atoms with Crippen LogP contribution in [0.2, 0.25) is 0 Å². The van der Waals surface area contributed by atoms with Crippen LogP contribution in [0.15, 0.2) is 12.1 Å². The van der Waals surface area contributed by atoms with Crippen molar-refractivity contribution in [2.45, 2.75) is 12.8 Å². The number of fused-ring (bicyclic) bond motifs is 1. The lowest BCUT2D eigenvalue weighted by molar-refractivity contribution is 0.0583. The van der Waals surface area contributed by atoms with Crippen molar-refractivity contribution in [1.29, 1.82) is 0 Å². The van der Waals surface area contributed by atoms with Crippen LogP contribution in [-0.4, -0.2) is 26.2 Å². The van der Waals surface area contributed by atoms with E-state index in [4.69, 9.17) is 0 Å². The van der Waals surface area contributed by atoms with Gasteiger partial charge in [0.05, 0.1) is 25.3 Å². The normalized spacial score (nSPS) is 12.4. The van der Waals surface area contributed by atoms with Gasteiger partial charge in [-0.1, -0.05) is 0 Å². The van der Waals surface area contributed by atoms with Crippen LogP contribution in [-0.2, 0) is 22.3 Å². The Morgan fingerprint density at radius 3 is 1.56 bits per heavy atom. The van der Waals surface area contributed by atoms with Crippen LogP contribution in [0.4, 0.5) is 0 Å². The Morgan fingerprint density at radius 1 is 0.938 bits per heavy atom. The molecule has 0 spiro atoms. The van der Waals surface area contributed by atoms with Gasteiger partial charge in [-0.25, -0.2) is 9.59 Å². The van der Waals surface area contributed by atoms with Gasteiger partial charge in [-0.2, -0.15) is 0 Å². The van der Waals surface area contributed by atoms with Crippen LogP contribution in [0, 0.1) is 0 Å². The average molecular weight is 220 g/mol. The second-order valence-corrected chi connectivity index (χ2v) is 3.60. The van der Waals surface area contributed by atoms with E-state index >= 15 is 0 Å². The summed E-state index contributed by atoms with van der Waals surface area (Å²) >= 11 is 0. The molecule has 0 aliphatic heterocycles. The summed E-state index contributed by atoms with van der Waals surface area (Å²) in [5.74, 6) is -0.709. The highest BCUT2D eigenvalue weighted by atomic mass is 16.5. The minimum absolute atomic E-state index is 0.354. The Labute approximate surface area is 93.2 Å². The molecular weight excluding hydrogens is 208 g/mol. The highest BCUT2D eigenvalue weighted by molar-refractivity contribution is 5.97. The monoisotopic (exact) mass is 220 g/mol. The zero-order chi connectivity index (χ0) is 11.7. The molecule has 1 aliphatic rings. The lowest BCUT2D eigenvalue weighted by Gasteiger charge is -2.23. The lowest BCUT2D eigenvalue weighted by Crippen LogP contribution is -2.21. The number of benzene rings is 1. The van der Waals surface area contributed by atoms with Crippen molar-refractivity contribution in [3.05, 3.63) is 34.4 Å². The highest BCUT2D eigenvalue weighted by Gasteiger charge is 2.27. The maximum absolute atomic E-state index is 11.4. The number of hydrogen-bond acceptors (Lipinski definition) is 4. The fraction of sp³-hybridized carbons (Fsp3) is 0.333. The smallest absolute Gasteiger partial charge is 0.338 e. The standard InChI is InChI=1S/C12H12O4/c1-15-11(13)9-5-6-10(12(14)16-2)8-4-3-7(8)9/h5-6H,3-4H2,1-2H3. The van der Waals surface area contributed by atoms with E-state index in [1.54, 1.807) is 12.1 Å². The molecule has 4 heteroatoms. The van der Waals surface area contributed by atoms with Crippen LogP contribution in [0.1, 0.15) is 31.8 Å². The Balaban J connectivity index is 2.46. The molecule has 4 nitrogen and oxygen atoms in total. The predicted molar refractivity (Wildman–Crippen MR) is 56.5 cm³/mol. The van der Waals surface area contributed by atoms with E-state index in [2.05, 4.69) is 9.47 Å². The molecule has 1 aliphatic carbocycles. The van der Waals surface area contributed by atoms with Crippen molar-refractivity contribution in [3.63, 3.8) is 0 Å². The second kappa shape index (κ2) is 3.96. The Bertz CT molecular complexity index is 419. The number of carbonyl (C=O) groups excluding carboxylic acids is 2. The van der Waals surface area contributed by atoms with Crippen LogP contribution in [0.3, 0.4) is 0 Å². The van der Waals surface area contributed by atoms with Gasteiger partial charge in [0.15, 0.2) is 0 Å². The number of hydrogen-bond donors (Lipinski definition) is 0. The molecule has 0 atom stereocenters. The Hall–Kier alpha value is -1.84. The first-order chi connectivity index (χ1) is 7.69. The van der Waals surface area contributed by atoms with Crippen molar-refractivity contribution >= 4 is 11.9 Å². The number of ether oxygens (including phenoxy) is 2. The van der Waals surface area contributed by atoms with Crippen molar-refractivity contribution in [2.24, 2.45) is 0 Å². The molecular formula is C12H12O4. The first-order valence-corrected chi connectivity index (χ1v) is 5.00. The second-order valence-electron chi connectivity index (χ2n) is 3.60. The Morgan fingerprint density at radius 2 is 1.31 bits per heavy atom. The summed E-state index contributed by atoms with van der Waals surface area (Å²) in [6.45, 7) is 0. The molecule has 0 heterocycles. The molecule has 0 bridgehead atoms. The number of rotatable bonds is 2. The van der Waals surface area contributed by atoms with E-state index < -0.39 is 0 Å². The van der Waals surface area contributed by atoms with Gasteiger partial charge in [0, 0.05) is 0 Å². The molecule has 1 aromatic rings. The topological polar surface area (TPSA) is 52.6 Å². The minimum atomic E-state index is -0.354. The quantitative estimate of drug-likeness (QED) is 0.706. The largest absolute Gasteiger partial charge is 0.465 e. The molecule has 0 aromatic heterocycles. The molecule has 16 heavy (non-hydrogen) atoms. The summed E-state index contributed by atoms with van der Waals surface area (Å²) in [5.41, 5.74) is 2.93. The molecule has 0 unspecified atom stereocenters. The van der Waals surface area contributed by atoms with Gasteiger partial charge in [-0.3, -0.25) is 0 Å². The molecule has 0 saturated heterocycles. The first kappa shape index (κ1) is 10.7. The van der Waals surface area contributed by atoms with Gasteiger partial charge in [0.2, 0.25) is 0 Å². The molecule has 0 fully saturated rings. The summed E-state index contributed by atoms with van der Waals surface area (Å²) < 4.78 is 9.36. The van der Waals surface area contributed by atoms with Gasteiger partial charge in [0.25, 0.3) is 0 Å². The number of methoxy groups -OCH3 is 2. The van der Waals surface area contributed by atoms with E-state index in [0.717, 1.165) is 24.0 Å². The molecule has 0 saturated carbocycles. The molecule has 84 valence electrons. The van der Waals surface area contributed by atoms with Gasteiger partial charge in [0.1, 0.15) is 0 Å². The third-order valence-corrected chi connectivity index (χ3v) is 2.87. The van der Waals surface area contributed by atoms with Crippen LogP contribution < -0.4 is 0 Å². The lowest BCUT2D eigenvalue weighted by atomic mass is 9.81. The third kappa shape index (κ3) is 1.46. The summed E-state index contributed by atoms with van der Waals surface area (Å²) in [6, 6.07) is 3.24. The summed E-state index contributed by atoms with van der Waals surface area (Å²) in [5, 5.41) is 0. The Kier molecular flexibility index (Phi) is 2.64. The zero-order valence-electron chi connectivity index (χ0n) is 9.20. The van der Waals surface area contributed by atoms with E-state index in [-0.39, 0.29) is 11.9 Å². The molecule has 1 aromatic carbocycles. The van der Waals surface area contributed by atoms with E-state index in [9.17, 15) is 9.59 Å². The fourth-order valence-corrected chi connectivity index (χ4v) is 1.94. The molecule has 0 N–H and O–H groups in total. The van der Waals surface area contributed by atoms with Gasteiger partial charge >= 0.3 is 11.9 Å². The number of esters is 2. The summed E-state index contributed by atoms with van der Waals surface area (Å²) in [6.07, 6.45) is 1.62. The van der Waals surface area contributed by atoms with Gasteiger partial charge < -0.3 is 9.47 Å². The SMILES string of the molecule is COC(=O)c1ccc(C(=O)OC)c2c1CC2. The maximum atomic E-state index is 11.4. The van der Waals surface area contributed by atoms with E-state index in [1.807, 2.05) is 0 Å². The van der Waals surface area contributed by atoms with E-state index in [0.29, 0.717) is 11.1 Å². The zero-order valence-corrected chi connectivity index (χ0v) is 9.20.